The van der Waals surface area contributed by atoms with Crippen molar-refractivity contribution >= 4 is 44.2 Å². The number of esters is 1. The molecule has 0 saturated heterocycles. The molecule has 10 nitrogen and oxygen atoms in total. The normalized spacial score (nSPS) is 10.5. The second-order valence-corrected chi connectivity index (χ2v) is 6.37. The van der Waals surface area contributed by atoms with Crippen LogP contribution >= 0.6 is 11.3 Å². The maximum Gasteiger partial charge on any atom is 0.344 e. The van der Waals surface area contributed by atoms with Gasteiger partial charge in [0.05, 0.1) is 21.7 Å². The highest BCUT2D eigenvalue weighted by Gasteiger charge is 2.17. The molecule has 0 aliphatic rings. The lowest BCUT2D eigenvalue weighted by atomic mass is 10.3. The third-order valence-corrected chi connectivity index (χ3v) is 4.37. The van der Waals surface area contributed by atoms with E-state index in [-0.39, 0.29) is 22.3 Å². The first kappa shape index (κ1) is 19.2. The average molecular weight is 402 g/mol. The largest absolute Gasteiger partial charge is 0.477 e. The summed E-state index contributed by atoms with van der Waals surface area (Å²) < 4.78 is 10.8. The Kier molecular flexibility index (Phi) is 5.75. The van der Waals surface area contributed by atoms with Gasteiger partial charge in [-0.3, -0.25) is 20.2 Å². The van der Waals surface area contributed by atoms with E-state index in [9.17, 15) is 19.7 Å². The maximum absolute atomic E-state index is 12.1. The second-order valence-electron chi connectivity index (χ2n) is 5.34. The quantitative estimate of drug-likeness (QED) is 0.362. The summed E-state index contributed by atoms with van der Waals surface area (Å²) in [6, 6.07) is 7.25. The number of aromatic nitrogens is 2. The Hall–Kier alpha value is -3.60. The Morgan fingerprint density at radius 3 is 2.89 bits per heavy atom. The molecule has 0 atom stereocenters. The van der Waals surface area contributed by atoms with Gasteiger partial charge in [0, 0.05) is 18.3 Å². The number of nitro groups is 1. The third kappa shape index (κ3) is 4.38. The molecule has 1 aromatic carbocycles. The summed E-state index contributed by atoms with van der Waals surface area (Å²) in [5.41, 5.74) is 0.564. The van der Waals surface area contributed by atoms with Crippen LogP contribution in [0.15, 0.2) is 36.5 Å². The standard InChI is InChI=1S/C17H14N4O6S/c1-2-26-15-11(4-3-7-18-15)16(23)27-9-14(22)20-17-19-12-6-5-10(21(24)25)8-13(12)28-17/h3-8H,2,9H2,1H3,(H,19,20,22). The molecule has 11 heteroatoms. The monoisotopic (exact) mass is 402 g/mol. The number of nitrogens with one attached hydrogen (secondary N) is 1. The molecule has 3 aromatic rings. The summed E-state index contributed by atoms with van der Waals surface area (Å²) in [6.45, 7) is 1.55. The van der Waals surface area contributed by atoms with Crippen LogP contribution in [0, 0.1) is 10.1 Å². The molecular weight excluding hydrogens is 388 g/mol. The van der Waals surface area contributed by atoms with Gasteiger partial charge in [-0.15, -0.1) is 0 Å². The summed E-state index contributed by atoms with van der Waals surface area (Å²) in [7, 11) is 0. The summed E-state index contributed by atoms with van der Waals surface area (Å²) in [5, 5.41) is 13.6. The van der Waals surface area contributed by atoms with E-state index >= 15 is 0 Å². The number of fused-ring (bicyclic) bond motifs is 1. The van der Waals surface area contributed by atoms with Crippen molar-refractivity contribution in [2.45, 2.75) is 6.92 Å². The molecule has 0 spiro atoms. The fraction of sp³-hybridized carbons (Fsp3) is 0.176. The second kappa shape index (κ2) is 8.39. The molecule has 2 aromatic heterocycles. The van der Waals surface area contributed by atoms with Crippen LogP contribution in [0.5, 0.6) is 5.88 Å². The van der Waals surface area contributed by atoms with Gasteiger partial charge in [0.25, 0.3) is 11.6 Å². The van der Waals surface area contributed by atoms with E-state index in [2.05, 4.69) is 15.3 Å². The zero-order valence-corrected chi connectivity index (χ0v) is 15.4. The minimum atomic E-state index is -0.744. The highest BCUT2D eigenvalue weighted by Crippen LogP contribution is 2.29. The SMILES string of the molecule is CCOc1ncccc1C(=O)OCC(=O)Nc1nc2ccc([N+](=O)[O-])cc2s1. The Balaban J connectivity index is 1.62. The van der Waals surface area contributed by atoms with E-state index in [1.54, 1.807) is 13.0 Å². The first-order valence-electron chi connectivity index (χ1n) is 8.07. The summed E-state index contributed by atoms with van der Waals surface area (Å²) in [6.07, 6.45) is 1.48. The fourth-order valence-electron chi connectivity index (χ4n) is 2.24. The van der Waals surface area contributed by atoms with Crippen LogP contribution in [0.25, 0.3) is 10.2 Å². The number of nitrogens with zero attached hydrogens (tertiary/aromatic N) is 3. The van der Waals surface area contributed by atoms with Crippen molar-refractivity contribution in [3.8, 4) is 5.88 Å². The maximum atomic E-state index is 12.1. The van der Waals surface area contributed by atoms with Crippen molar-refractivity contribution in [1.29, 1.82) is 0 Å². The van der Waals surface area contributed by atoms with Gasteiger partial charge in [0.2, 0.25) is 5.88 Å². The van der Waals surface area contributed by atoms with Gasteiger partial charge in [-0.1, -0.05) is 11.3 Å². The van der Waals surface area contributed by atoms with E-state index in [1.807, 2.05) is 0 Å². The van der Waals surface area contributed by atoms with Crippen molar-refractivity contribution in [1.82, 2.24) is 9.97 Å². The first-order chi connectivity index (χ1) is 13.5. The van der Waals surface area contributed by atoms with Gasteiger partial charge >= 0.3 is 5.97 Å². The van der Waals surface area contributed by atoms with E-state index in [1.165, 1.54) is 30.5 Å². The number of hydrogen-bond acceptors (Lipinski definition) is 9. The molecular formula is C17H14N4O6S. The molecule has 1 amide bonds. The van der Waals surface area contributed by atoms with Gasteiger partial charge in [-0.05, 0) is 25.1 Å². The molecule has 0 fully saturated rings. The number of carbonyl (C=O) groups excluding carboxylic acids is 2. The van der Waals surface area contributed by atoms with E-state index < -0.39 is 23.4 Å². The lowest BCUT2D eigenvalue weighted by Crippen LogP contribution is -2.21. The number of anilines is 1. The topological polar surface area (TPSA) is 134 Å². The minimum Gasteiger partial charge on any atom is -0.477 e. The number of hydrogen-bond donors (Lipinski definition) is 1. The number of rotatable bonds is 7. The van der Waals surface area contributed by atoms with Crippen LogP contribution in [-0.2, 0) is 9.53 Å². The molecule has 1 N–H and O–H groups in total. The zero-order chi connectivity index (χ0) is 20.1. The molecule has 0 aliphatic carbocycles. The molecule has 0 saturated carbocycles. The van der Waals surface area contributed by atoms with Crippen molar-refractivity contribution in [3.05, 3.63) is 52.2 Å². The molecule has 2 heterocycles. The minimum absolute atomic E-state index is 0.0653. The number of nitro benzene ring substituents is 1. The number of pyridine rings is 1. The number of thiazole rings is 1. The van der Waals surface area contributed by atoms with Crippen molar-refractivity contribution in [2.24, 2.45) is 0 Å². The first-order valence-corrected chi connectivity index (χ1v) is 8.89. The summed E-state index contributed by atoms with van der Waals surface area (Å²) in [5.74, 6) is -1.21. The number of ether oxygens (including phenoxy) is 2. The predicted molar refractivity (Wildman–Crippen MR) is 101 cm³/mol. The van der Waals surface area contributed by atoms with Gasteiger partial charge in [-0.25, -0.2) is 14.8 Å². The van der Waals surface area contributed by atoms with E-state index in [4.69, 9.17) is 9.47 Å². The molecule has 144 valence electrons. The van der Waals surface area contributed by atoms with Crippen LogP contribution in [-0.4, -0.2) is 40.0 Å². The van der Waals surface area contributed by atoms with Gasteiger partial charge in [0.1, 0.15) is 5.56 Å². The predicted octanol–water partition coefficient (Wildman–Crippen LogP) is 2.79. The summed E-state index contributed by atoms with van der Waals surface area (Å²) in [4.78, 5) is 42.6. The van der Waals surface area contributed by atoms with E-state index in [0.717, 1.165) is 11.3 Å². The van der Waals surface area contributed by atoms with Crippen molar-refractivity contribution in [3.63, 3.8) is 0 Å². The smallest absolute Gasteiger partial charge is 0.344 e. The number of amides is 1. The molecule has 0 bridgehead atoms. The Labute approximate surface area is 162 Å². The molecule has 28 heavy (non-hydrogen) atoms. The molecule has 0 radical (unpaired) electrons. The zero-order valence-electron chi connectivity index (χ0n) is 14.6. The average Bonchev–Trinajstić information content (AvgIpc) is 3.08. The Morgan fingerprint density at radius 2 is 2.14 bits per heavy atom. The molecule has 0 aliphatic heterocycles. The highest BCUT2D eigenvalue weighted by atomic mass is 32.1. The van der Waals surface area contributed by atoms with Gasteiger partial charge in [-0.2, -0.15) is 0 Å². The highest BCUT2D eigenvalue weighted by molar-refractivity contribution is 7.22. The number of non-ortho nitro benzene ring substituents is 1. The summed E-state index contributed by atoms with van der Waals surface area (Å²) >= 11 is 1.08. The van der Waals surface area contributed by atoms with Crippen molar-refractivity contribution < 1.29 is 24.0 Å². The Bertz CT molecular complexity index is 1050. The van der Waals surface area contributed by atoms with Crippen LogP contribution < -0.4 is 10.1 Å². The van der Waals surface area contributed by atoms with Crippen LogP contribution in [0.1, 0.15) is 17.3 Å². The van der Waals surface area contributed by atoms with Gasteiger partial charge < -0.3 is 9.47 Å². The third-order valence-electron chi connectivity index (χ3n) is 3.44. The van der Waals surface area contributed by atoms with Crippen LogP contribution in [0.3, 0.4) is 0 Å². The molecule has 0 unspecified atom stereocenters. The lowest BCUT2D eigenvalue weighted by Gasteiger charge is -2.08. The van der Waals surface area contributed by atoms with Crippen LogP contribution in [0.2, 0.25) is 0 Å². The molecule has 3 rings (SSSR count). The lowest BCUT2D eigenvalue weighted by molar-refractivity contribution is -0.384. The van der Waals surface area contributed by atoms with Crippen LogP contribution in [0.4, 0.5) is 10.8 Å². The van der Waals surface area contributed by atoms with E-state index in [0.29, 0.717) is 16.8 Å². The van der Waals surface area contributed by atoms with Crippen molar-refractivity contribution in [2.75, 3.05) is 18.5 Å². The number of carbonyl (C=O) groups is 2. The fourth-order valence-corrected chi connectivity index (χ4v) is 3.16. The Morgan fingerprint density at radius 1 is 1.32 bits per heavy atom. The number of benzene rings is 1. The van der Waals surface area contributed by atoms with Gasteiger partial charge in [0.15, 0.2) is 11.7 Å².